The molecule has 0 unspecified atom stereocenters. The lowest BCUT2D eigenvalue weighted by molar-refractivity contribution is -0.135. The molecular formula is C19H20F2N2O5S. The van der Waals surface area contributed by atoms with E-state index in [9.17, 15) is 23.2 Å². The standard InChI is InChI=1S/C19H20F2N2O5S/c1-4-27-17(25)10-16-23(11-15(24)22(2)3)18(26)14(29-16)9-12-5-7-13(8-6-12)28-19(20)21/h5-10,19H,4,11H2,1-3H3/b14-9-,16-10-. The molecule has 2 rings (SSSR count). The zero-order valence-electron chi connectivity index (χ0n) is 16.1. The van der Waals surface area contributed by atoms with Crippen LogP contribution in [0.25, 0.3) is 12.2 Å². The summed E-state index contributed by atoms with van der Waals surface area (Å²) in [6.45, 7) is -1.33. The van der Waals surface area contributed by atoms with Gasteiger partial charge in [-0.1, -0.05) is 12.1 Å². The number of likely N-dealkylation sites (N-methyl/N-ethyl adjacent to an activating group) is 1. The van der Waals surface area contributed by atoms with Gasteiger partial charge in [-0.3, -0.25) is 14.2 Å². The van der Waals surface area contributed by atoms with Crippen LogP contribution >= 0.6 is 11.3 Å². The van der Waals surface area contributed by atoms with E-state index in [-0.39, 0.29) is 34.0 Å². The lowest BCUT2D eigenvalue weighted by Gasteiger charge is -2.10. The lowest BCUT2D eigenvalue weighted by Crippen LogP contribution is -2.38. The van der Waals surface area contributed by atoms with E-state index in [1.807, 2.05) is 0 Å². The van der Waals surface area contributed by atoms with E-state index < -0.39 is 18.1 Å². The number of rotatable bonds is 7. The maximum Gasteiger partial charge on any atom is 0.387 e. The Kier molecular flexibility index (Phi) is 7.66. The molecule has 0 spiro atoms. The van der Waals surface area contributed by atoms with Crippen molar-refractivity contribution in [2.75, 3.05) is 20.7 Å². The summed E-state index contributed by atoms with van der Waals surface area (Å²) in [4.78, 5) is 38.0. The highest BCUT2D eigenvalue weighted by Gasteiger charge is 2.12. The van der Waals surface area contributed by atoms with Gasteiger partial charge in [-0.2, -0.15) is 8.78 Å². The predicted molar refractivity (Wildman–Crippen MR) is 104 cm³/mol. The van der Waals surface area contributed by atoms with Crippen LogP contribution in [0.1, 0.15) is 12.5 Å². The van der Waals surface area contributed by atoms with Gasteiger partial charge in [0.1, 0.15) is 17.0 Å². The van der Waals surface area contributed by atoms with Crippen molar-refractivity contribution in [3.05, 3.63) is 49.4 Å². The molecule has 2 aromatic rings. The molecule has 10 heteroatoms. The second-order valence-corrected chi connectivity index (χ2v) is 7.03. The molecule has 1 aromatic heterocycles. The number of carbonyl (C=O) groups is 2. The van der Waals surface area contributed by atoms with Crippen molar-refractivity contribution in [3.8, 4) is 5.75 Å². The van der Waals surface area contributed by atoms with Gasteiger partial charge in [0.2, 0.25) is 5.91 Å². The number of amides is 1. The first-order valence-electron chi connectivity index (χ1n) is 8.56. The van der Waals surface area contributed by atoms with Gasteiger partial charge in [0.15, 0.2) is 0 Å². The number of ether oxygens (including phenoxy) is 2. The van der Waals surface area contributed by atoms with Crippen LogP contribution in [0.5, 0.6) is 5.75 Å². The van der Waals surface area contributed by atoms with Gasteiger partial charge in [0, 0.05) is 14.1 Å². The minimum atomic E-state index is -2.93. The molecule has 0 bridgehead atoms. The van der Waals surface area contributed by atoms with Crippen molar-refractivity contribution in [1.82, 2.24) is 9.47 Å². The van der Waals surface area contributed by atoms with E-state index in [1.165, 1.54) is 39.8 Å². The summed E-state index contributed by atoms with van der Waals surface area (Å²) in [6, 6.07) is 5.73. The molecule has 0 fully saturated rings. The van der Waals surface area contributed by atoms with Crippen LogP contribution in [-0.4, -0.2) is 48.7 Å². The molecule has 0 N–H and O–H groups in total. The van der Waals surface area contributed by atoms with E-state index in [4.69, 9.17) is 4.74 Å². The highest BCUT2D eigenvalue weighted by atomic mass is 32.1. The summed E-state index contributed by atoms with van der Waals surface area (Å²) in [6.07, 6.45) is 2.70. The predicted octanol–water partition coefficient (Wildman–Crippen LogP) is 0.772. The third kappa shape index (κ3) is 6.24. The highest BCUT2D eigenvalue weighted by molar-refractivity contribution is 7.07. The number of aromatic nitrogens is 1. The van der Waals surface area contributed by atoms with Gasteiger partial charge < -0.3 is 14.4 Å². The molecule has 0 aliphatic rings. The van der Waals surface area contributed by atoms with Crippen LogP contribution in [0, 0.1) is 0 Å². The molecule has 1 heterocycles. The zero-order chi connectivity index (χ0) is 21.6. The second-order valence-electron chi connectivity index (χ2n) is 5.97. The monoisotopic (exact) mass is 426 g/mol. The Morgan fingerprint density at radius 3 is 2.45 bits per heavy atom. The third-order valence-electron chi connectivity index (χ3n) is 3.66. The van der Waals surface area contributed by atoms with Gasteiger partial charge >= 0.3 is 12.6 Å². The van der Waals surface area contributed by atoms with Crippen molar-refractivity contribution in [1.29, 1.82) is 0 Å². The molecule has 7 nitrogen and oxygen atoms in total. The maximum absolute atomic E-state index is 12.8. The molecular weight excluding hydrogens is 406 g/mol. The summed E-state index contributed by atoms with van der Waals surface area (Å²) >= 11 is 1.02. The Labute approximate surface area is 169 Å². The van der Waals surface area contributed by atoms with Crippen LogP contribution in [-0.2, 0) is 20.9 Å². The third-order valence-corrected chi connectivity index (χ3v) is 4.72. The molecule has 0 saturated heterocycles. The van der Waals surface area contributed by atoms with Crippen molar-refractivity contribution in [3.63, 3.8) is 0 Å². The number of benzene rings is 1. The minimum Gasteiger partial charge on any atom is -0.463 e. The first-order chi connectivity index (χ1) is 13.7. The fourth-order valence-corrected chi connectivity index (χ4v) is 3.28. The lowest BCUT2D eigenvalue weighted by atomic mass is 10.2. The van der Waals surface area contributed by atoms with E-state index in [0.29, 0.717) is 5.56 Å². The van der Waals surface area contributed by atoms with Crippen LogP contribution in [0.2, 0.25) is 0 Å². The van der Waals surface area contributed by atoms with Crippen molar-refractivity contribution >= 4 is 35.4 Å². The van der Waals surface area contributed by atoms with Crippen molar-refractivity contribution in [2.45, 2.75) is 20.1 Å². The zero-order valence-corrected chi connectivity index (χ0v) is 16.9. The van der Waals surface area contributed by atoms with Gasteiger partial charge in [-0.25, -0.2) is 4.79 Å². The first-order valence-corrected chi connectivity index (χ1v) is 9.37. The Morgan fingerprint density at radius 2 is 1.90 bits per heavy atom. The summed E-state index contributed by atoms with van der Waals surface area (Å²) in [5.41, 5.74) is 0.118. The van der Waals surface area contributed by atoms with Crippen LogP contribution < -0.4 is 19.5 Å². The second kappa shape index (κ2) is 9.97. The molecule has 156 valence electrons. The first kappa shape index (κ1) is 22.3. The van der Waals surface area contributed by atoms with E-state index in [1.54, 1.807) is 21.0 Å². The number of hydrogen-bond donors (Lipinski definition) is 0. The number of alkyl halides is 2. The van der Waals surface area contributed by atoms with Crippen LogP contribution in [0.15, 0.2) is 29.1 Å². The molecule has 1 amide bonds. The average molecular weight is 426 g/mol. The molecule has 29 heavy (non-hydrogen) atoms. The molecule has 0 aliphatic heterocycles. The Bertz CT molecular complexity index is 1040. The summed E-state index contributed by atoms with van der Waals surface area (Å²) in [5, 5.41) is 0. The molecule has 0 atom stereocenters. The van der Waals surface area contributed by atoms with Crippen molar-refractivity contribution < 1.29 is 27.8 Å². The van der Waals surface area contributed by atoms with E-state index >= 15 is 0 Å². The quantitative estimate of drug-likeness (QED) is 0.612. The van der Waals surface area contributed by atoms with Crippen LogP contribution in [0.3, 0.4) is 0 Å². The maximum atomic E-state index is 12.8. The number of nitrogens with zero attached hydrogens (tertiary/aromatic N) is 2. The smallest absolute Gasteiger partial charge is 0.387 e. The Hall–Kier alpha value is -3.01. The summed E-state index contributed by atoms with van der Waals surface area (Å²) in [5.74, 6) is -0.947. The van der Waals surface area contributed by atoms with Gasteiger partial charge in [0.05, 0.1) is 17.2 Å². The minimum absolute atomic E-state index is 0.00588. The SMILES string of the molecule is CCOC(=O)/C=c1\s/c(=C\c2ccc(OC(F)F)cc2)c(=O)n1CC(=O)N(C)C. The fraction of sp³-hybridized carbons (Fsp3) is 0.316. The van der Waals surface area contributed by atoms with Crippen molar-refractivity contribution in [2.24, 2.45) is 0 Å². The number of carbonyl (C=O) groups excluding carboxylic acids is 2. The fourth-order valence-electron chi connectivity index (χ4n) is 2.25. The molecule has 0 aliphatic carbocycles. The van der Waals surface area contributed by atoms with E-state index in [2.05, 4.69) is 4.74 Å². The number of hydrogen-bond acceptors (Lipinski definition) is 6. The van der Waals surface area contributed by atoms with Gasteiger partial charge in [-0.05, 0) is 30.7 Å². The molecule has 0 radical (unpaired) electrons. The largest absolute Gasteiger partial charge is 0.463 e. The normalized spacial score (nSPS) is 12.3. The molecule has 1 aromatic carbocycles. The summed E-state index contributed by atoms with van der Waals surface area (Å²) in [7, 11) is 3.12. The number of halogens is 2. The topological polar surface area (TPSA) is 77.8 Å². The molecule has 0 saturated carbocycles. The Balaban J connectivity index is 2.50. The number of esters is 1. The number of thiazole rings is 1. The van der Waals surface area contributed by atoms with E-state index in [0.717, 1.165) is 17.4 Å². The Morgan fingerprint density at radius 1 is 1.24 bits per heavy atom. The highest BCUT2D eigenvalue weighted by Crippen LogP contribution is 2.15. The van der Waals surface area contributed by atoms with Crippen LogP contribution in [0.4, 0.5) is 8.78 Å². The van der Waals surface area contributed by atoms with Gasteiger partial charge in [0.25, 0.3) is 5.56 Å². The average Bonchev–Trinajstić information content (AvgIpc) is 2.91. The van der Waals surface area contributed by atoms with Gasteiger partial charge in [-0.15, -0.1) is 11.3 Å². The summed E-state index contributed by atoms with van der Waals surface area (Å²) < 4.78 is 35.4.